The molecule has 0 amide bonds. The fraction of sp³-hybridized carbons (Fsp3) is 0.333. The predicted octanol–water partition coefficient (Wildman–Crippen LogP) is 6.37. The van der Waals surface area contributed by atoms with E-state index in [1.807, 2.05) is 18.2 Å². The molecular formula is C36H36O6. The third kappa shape index (κ3) is 6.79. The summed E-state index contributed by atoms with van der Waals surface area (Å²) in [7, 11) is 0. The predicted molar refractivity (Wildman–Crippen MR) is 160 cm³/mol. The maximum absolute atomic E-state index is 6.38. The van der Waals surface area contributed by atoms with E-state index in [4.69, 9.17) is 28.4 Å². The Kier molecular flexibility index (Phi) is 8.09. The lowest BCUT2D eigenvalue weighted by atomic mass is 9.77. The fourth-order valence-electron chi connectivity index (χ4n) is 5.53. The molecular weight excluding hydrogens is 528 g/mol. The number of rotatable bonds is 15. The van der Waals surface area contributed by atoms with Gasteiger partial charge < -0.3 is 28.4 Å². The molecule has 0 N–H and O–H groups in total. The third-order valence-corrected chi connectivity index (χ3v) is 8.04. The van der Waals surface area contributed by atoms with Crippen LogP contribution in [-0.2, 0) is 14.2 Å². The molecule has 6 heteroatoms. The minimum absolute atomic E-state index is 0.0253. The Morgan fingerprint density at radius 2 is 0.833 bits per heavy atom. The molecule has 216 valence electrons. The molecule has 7 rings (SSSR count). The van der Waals surface area contributed by atoms with E-state index in [0.29, 0.717) is 19.8 Å². The summed E-state index contributed by atoms with van der Waals surface area (Å²) in [6.07, 6.45) is 1.30. The molecule has 4 aromatic carbocycles. The molecule has 4 atom stereocenters. The van der Waals surface area contributed by atoms with E-state index in [-0.39, 0.29) is 30.1 Å². The van der Waals surface area contributed by atoms with Crippen LogP contribution in [0.15, 0.2) is 103 Å². The molecule has 3 saturated heterocycles. The molecule has 0 aliphatic carbocycles. The summed E-state index contributed by atoms with van der Waals surface area (Å²) >= 11 is 0. The van der Waals surface area contributed by atoms with Crippen LogP contribution in [0.25, 0.3) is 0 Å². The summed E-state index contributed by atoms with van der Waals surface area (Å²) in [5.74, 6) is 2.67. The van der Waals surface area contributed by atoms with Gasteiger partial charge in [0.1, 0.15) is 55.4 Å². The van der Waals surface area contributed by atoms with Gasteiger partial charge in [0.15, 0.2) is 0 Å². The number of benzene rings is 4. The van der Waals surface area contributed by atoms with Crippen molar-refractivity contribution in [2.45, 2.75) is 36.6 Å². The Balaban J connectivity index is 1.30. The number of ether oxygens (including phenoxy) is 6. The zero-order valence-corrected chi connectivity index (χ0v) is 23.6. The quantitative estimate of drug-likeness (QED) is 0.156. The Morgan fingerprint density at radius 1 is 0.476 bits per heavy atom. The second kappa shape index (κ2) is 12.6. The van der Waals surface area contributed by atoms with Gasteiger partial charge in [0, 0.05) is 28.5 Å². The van der Waals surface area contributed by atoms with Gasteiger partial charge in [0.25, 0.3) is 0 Å². The minimum atomic E-state index is -0.0253. The van der Waals surface area contributed by atoms with Crippen molar-refractivity contribution in [3.05, 3.63) is 125 Å². The lowest BCUT2D eigenvalue weighted by Crippen LogP contribution is -2.15. The van der Waals surface area contributed by atoms with Gasteiger partial charge in [-0.25, -0.2) is 0 Å². The Labute approximate surface area is 247 Å². The van der Waals surface area contributed by atoms with Crippen LogP contribution >= 0.6 is 0 Å². The van der Waals surface area contributed by atoms with E-state index < -0.39 is 0 Å². The first-order valence-electron chi connectivity index (χ1n) is 14.9. The third-order valence-electron chi connectivity index (χ3n) is 8.04. The smallest absolute Gasteiger partial charge is 0.123 e. The van der Waals surface area contributed by atoms with Crippen LogP contribution in [0.1, 0.15) is 40.5 Å². The van der Waals surface area contributed by atoms with E-state index in [1.165, 1.54) is 5.56 Å². The van der Waals surface area contributed by atoms with Gasteiger partial charge in [-0.05, 0) is 30.2 Å². The van der Waals surface area contributed by atoms with E-state index in [0.717, 1.165) is 60.2 Å². The van der Waals surface area contributed by atoms with Gasteiger partial charge >= 0.3 is 0 Å². The van der Waals surface area contributed by atoms with Crippen molar-refractivity contribution in [1.82, 2.24) is 0 Å². The number of hydrogen-bond donors (Lipinski definition) is 0. The first-order valence-corrected chi connectivity index (χ1v) is 14.9. The van der Waals surface area contributed by atoms with Crippen LogP contribution in [-0.4, -0.2) is 58.0 Å². The van der Waals surface area contributed by atoms with Crippen molar-refractivity contribution in [1.29, 1.82) is 0 Å². The normalized spacial score (nSPS) is 21.7. The maximum Gasteiger partial charge on any atom is 0.123 e. The molecule has 6 nitrogen and oxygen atoms in total. The van der Waals surface area contributed by atoms with Gasteiger partial charge in [0.05, 0.1) is 19.8 Å². The molecule has 4 aromatic rings. The topological polar surface area (TPSA) is 65.3 Å². The van der Waals surface area contributed by atoms with Crippen molar-refractivity contribution in [2.24, 2.45) is 0 Å². The second-order valence-corrected chi connectivity index (χ2v) is 11.2. The van der Waals surface area contributed by atoms with Crippen LogP contribution in [0.5, 0.6) is 17.2 Å². The van der Waals surface area contributed by atoms with Gasteiger partial charge in [-0.15, -0.1) is 0 Å². The lowest BCUT2D eigenvalue weighted by Gasteiger charge is -2.29. The van der Waals surface area contributed by atoms with Crippen molar-refractivity contribution >= 4 is 0 Å². The summed E-state index contributed by atoms with van der Waals surface area (Å²) < 4.78 is 35.4. The molecule has 0 radical (unpaired) electrons. The molecule has 3 aliphatic rings. The molecule has 3 heterocycles. The number of para-hydroxylation sites is 3. The van der Waals surface area contributed by atoms with Crippen LogP contribution in [0, 0.1) is 0 Å². The number of hydrogen-bond acceptors (Lipinski definition) is 6. The number of epoxide rings is 3. The average Bonchev–Trinajstić information content (AvgIpc) is 3.88. The molecule has 4 unspecified atom stereocenters. The van der Waals surface area contributed by atoms with E-state index in [9.17, 15) is 0 Å². The fourth-order valence-corrected chi connectivity index (χ4v) is 5.53. The van der Waals surface area contributed by atoms with Crippen molar-refractivity contribution in [2.75, 3.05) is 39.6 Å². The first-order chi connectivity index (χ1) is 20.8. The summed E-state index contributed by atoms with van der Waals surface area (Å²) in [5.41, 5.74) is 4.64. The van der Waals surface area contributed by atoms with Crippen LogP contribution in [0.4, 0.5) is 0 Å². The highest BCUT2D eigenvalue weighted by molar-refractivity contribution is 5.50. The molecule has 0 spiro atoms. The zero-order chi connectivity index (χ0) is 28.1. The molecule has 42 heavy (non-hydrogen) atoms. The Morgan fingerprint density at radius 3 is 1.24 bits per heavy atom. The SMILES string of the molecule is c1ccc(C(CC(c2ccccc2OCC2CO2)c2ccccc2OCC2CO2)c2ccccc2OCC2CO2)cc1. The molecule has 0 saturated carbocycles. The monoisotopic (exact) mass is 564 g/mol. The van der Waals surface area contributed by atoms with Crippen molar-refractivity contribution < 1.29 is 28.4 Å². The largest absolute Gasteiger partial charge is 0.490 e. The second-order valence-electron chi connectivity index (χ2n) is 11.2. The Bertz CT molecular complexity index is 1400. The highest BCUT2D eigenvalue weighted by atomic mass is 16.6. The van der Waals surface area contributed by atoms with Gasteiger partial charge in [0.2, 0.25) is 0 Å². The highest BCUT2D eigenvalue weighted by Crippen LogP contribution is 2.46. The lowest BCUT2D eigenvalue weighted by molar-refractivity contribution is 0.256. The van der Waals surface area contributed by atoms with Crippen molar-refractivity contribution in [3.8, 4) is 17.2 Å². The van der Waals surface area contributed by atoms with Crippen LogP contribution in [0.3, 0.4) is 0 Å². The zero-order valence-electron chi connectivity index (χ0n) is 23.6. The minimum Gasteiger partial charge on any atom is -0.490 e. The molecule has 0 bridgehead atoms. The van der Waals surface area contributed by atoms with Crippen LogP contribution in [0.2, 0.25) is 0 Å². The molecule has 0 aromatic heterocycles. The standard InChI is InChI=1S/C36H36O6/c1-2-10-25(11-3-1)32(29-12-4-7-15-34(29)40-22-26-19-37-26)18-33(30-13-5-8-16-35(30)41-23-27-20-38-27)31-14-6-9-17-36(31)42-24-28-21-39-28/h1-17,26-28,32-33H,18-24H2. The van der Waals surface area contributed by atoms with Gasteiger partial charge in [-0.3, -0.25) is 0 Å². The highest BCUT2D eigenvalue weighted by Gasteiger charge is 2.31. The maximum atomic E-state index is 6.38. The Hall–Kier alpha value is -3.84. The van der Waals surface area contributed by atoms with Crippen LogP contribution < -0.4 is 14.2 Å². The summed E-state index contributed by atoms with van der Waals surface area (Å²) in [6, 6.07) is 35.9. The van der Waals surface area contributed by atoms with Gasteiger partial charge in [-0.2, -0.15) is 0 Å². The van der Waals surface area contributed by atoms with E-state index in [2.05, 4.69) is 84.9 Å². The molecule has 3 fully saturated rings. The summed E-state index contributed by atoms with van der Waals surface area (Å²) in [6.45, 7) is 3.92. The van der Waals surface area contributed by atoms with Gasteiger partial charge in [-0.1, -0.05) is 84.9 Å². The summed E-state index contributed by atoms with van der Waals surface area (Å²) in [4.78, 5) is 0. The average molecular weight is 565 g/mol. The first kappa shape index (κ1) is 27.0. The van der Waals surface area contributed by atoms with E-state index >= 15 is 0 Å². The summed E-state index contributed by atoms with van der Waals surface area (Å²) in [5, 5.41) is 0. The molecule has 3 aliphatic heterocycles. The van der Waals surface area contributed by atoms with Crippen molar-refractivity contribution in [3.63, 3.8) is 0 Å². The van der Waals surface area contributed by atoms with E-state index in [1.54, 1.807) is 0 Å².